The summed E-state index contributed by atoms with van der Waals surface area (Å²) in [4.78, 5) is 17.0. The zero-order valence-corrected chi connectivity index (χ0v) is 14.7. The van der Waals surface area contributed by atoms with Crippen LogP contribution in [-0.4, -0.2) is 24.5 Å². The Morgan fingerprint density at radius 1 is 1.16 bits per heavy atom. The molecule has 5 nitrogen and oxygen atoms in total. The van der Waals surface area contributed by atoms with Crippen LogP contribution < -0.4 is 15.4 Å². The molecule has 0 unspecified atom stereocenters. The first-order valence-corrected chi connectivity index (χ1v) is 8.81. The van der Waals surface area contributed by atoms with Crippen LogP contribution in [0.2, 0.25) is 0 Å². The lowest BCUT2D eigenvalue weighted by atomic mass is 10.1. The minimum Gasteiger partial charge on any atom is -0.496 e. The van der Waals surface area contributed by atoms with Crippen molar-refractivity contribution < 1.29 is 9.53 Å². The summed E-state index contributed by atoms with van der Waals surface area (Å²) in [7, 11) is 1.68. The van der Waals surface area contributed by atoms with E-state index in [9.17, 15) is 4.79 Å². The minimum atomic E-state index is -0.117. The molecule has 2 heterocycles. The molecule has 3 aromatic rings. The van der Waals surface area contributed by atoms with Crippen LogP contribution in [0.25, 0.3) is 0 Å². The average molecular weight is 353 g/mol. The highest BCUT2D eigenvalue weighted by atomic mass is 32.1. The van der Waals surface area contributed by atoms with Crippen molar-refractivity contribution in [3.05, 3.63) is 70.5 Å². The van der Waals surface area contributed by atoms with E-state index in [-0.39, 0.29) is 5.91 Å². The maximum absolute atomic E-state index is 12.0. The Morgan fingerprint density at radius 2 is 2.04 bits per heavy atom. The van der Waals surface area contributed by atoms with Gasteiger partial charge in [-0.15, -0.1) is 11.3 Å². The SMILES string of the molecule is COc1ccccc1CCNc1ccc(NC(=O)c2cccs2)cn1. The molecule has 3 rings (SSSR count). The van der Waals surface area contributed by atoms with Crippen LogP contribution in [0.15, 0.2) is 60.1 Å². The van der Waals surface area contributed by atoms with Gasteiger partial charge in [-0.05, 0) is 41.6 Å². The van der Waals surface area contributed by atoms with Gasteiger partial charge in [0.2, 0.25) is 0 Å². The third kappa shape index (κ3) is 4.58. The van der Waals surface area contributed by atoms with Crippen LogP contribution in [0, 0.1) is 0 Å². The smallest absolute Gasteiger partial charge is 0.265 e. The lowest BCUT2D eigenvalue weighted by Crippen LogP contribution is -2.11. The number of anilines is 2. The highest BCUT2D eigenvalue weighted by Gasteiger charge is 2.07. The molecule has 2 N–H and O–H groups in total. The molecule has 2 aromatic heterocycles. The van der Waals surface area contributed by atoms with Gasteiger partial charge in [0.1, 0.15) is 11.6 Å². The fraction of sp³-hybridized carbons (Fsp3) is 0.158. The fourth-order valence-electron chi connectivity index (χ4n) is 2.41. The quantitative estimate of drug-likeness (QED) is 0.672. The van der Waals surface area contributed by atoms with Crippen LogP contribution in [0.5, 0.6) is 5.75 Å². The molecule has 0 aliphatic rings. The maximum atomic E-state index is 12.0. The third-order valence-corrected chi connectivity index (χ3v) is 4.53. The lowest BCUT2D eigenvalue weighted by molar-refractivity contribution is 0.103. The van der Waals surface area contributed by atoms with Gasteiger partial charge in [-0.3, -0.25) is 4.79 Å². The van der Waals surface area contributed by atoms with Gasteiger partial charge in [0.15, 0.2) is 0 Å². The second kappa shape index (κ2) is 8.30. The van der Waals surface area contributed by atoms with Gasteiger partial charge in [0, 0.05) is 6.54 Å². The van der Waals surface area contributed by atoms with Gasteiger partial charge in [0.25, 0.3) is 5.91 Å². The first-order chi connectivity index (χ1) is 12.3. The predicted octanol–water partition coefficient (Wildman–Crippen LogP) is 4.06. The summed E-state index contributed by atoms with van der Waals surface area (Å²) in [5.74, 6) is 1.54. The second-order valence-corrected chi connectivity index (χ2v) is 6.30. The van der Waals surface area contributed by atoms with Crippen molar-refractivity contribution >= 4 is 28.7 Å². The summed E-state index contributed by atoms with van der Waals surface area (Å²) >= 11 is 1.41. The Morgan fingerprint density at radius 3 is 2.76 bits per heavy atom. The van der Waals surface area contributed by atoms with Gasteiger partial charge >= 0.3 is 0 Å². The van der Waals surface area contributed by atoms with E-state index < -0.39 is 0 Å². The predicted molar refractivity (Wildman–Crippen MR) is 102 cm³/mol. The Hall–Kier alpha value is -2.86. The monoisotopic (exact) mass is 353 g/mol. The highest BCUT2D eigenvalue weighted by Crippen LogP contribution is 2.18. The number of carbonyl (C=O) groups is 1. The molecule has 0 radical (unpaired) electrons. The summed E-state index contributed by atoms with van der Waals surface area (Å²) < 4.78 is 5.35. The maximum Gasteiger partial charge on any atom is 0.265 e. The normalized spacial score (nSPS) is 10.3. The number of methoxy groups -OCH3 is 1. The van der Waals surface area contributed by atoms with Crippen LogP contribution in [0.1, 0.15) is 15.2 Å². The molecule has 128 valence electrons. The molecule has 1 amide bonds. The van der Waals surface area contributed by atoms with Crippen molar-refractivity contribution in [1.29, 1.82) is 0 Å². The number of hydrogen-bond donors (Lipinski definition) is 2. The van der Waals surface area contributed by atoms with E-state index in [0.29, 0.717) is 10.6 Å². The molecule has 6 heteroatoms. The van der Waals surface area contributed by atoms with Gasteiger partial charge in [-0.2, -0.15) is 0 Å². The number of ether oxygens (including phenoxy) is 1. The van der Waals surface area contributed by atoms with Crippen molar-refractivity contribution in [2.75, 3.05) is 24.3 Å². The average Bonchev–Trinajstić information content (AvgIpc) is 3.18. The van der Waals surface area contributed by atoms with Crippen LogP contribution in [-0.2, 0) is 6.42 Å². The number of pyridine rings is 1. The van der Waals surface area contributed by atoms with E-state index in [1.165, 1.54) is 11.3 Å². The number of benzene rings is 1. The molecular weight excluding hydrogens is 334 g/mol. The number of nitrogens with one attached hydrogen (secondary N) is 2. The van der Waals surface area contributed by atoms with Crippen molar-refractivity contribution in [3.63, 3.8) is 0 Å². The van der Waals surface area contributed by atoms with Crippen LogP contribution in [0.3, 0.4) is 0 Å². The number of aromatic nitrogens is 1. The number of hydrogen-bond acceptors (Lipinski definition) is 5. The molecular formula is C19H19N3O2S. The van der Waals surface area contributed by atoms with Crippen LogP contribution >= 0.6 is 11.3 Å². The summed E-state index contributed by atoms with van der Waals surface area (Å²) in [6.45, 7) is 0.744. The van der Waals surface area contributed by atoms with E-state index >= 15 is 0 Å². The van der Waals surface area contributed by atoms with Crippen molar-refractivity contribution in [2.45, 2.75) is 6.42 Å². The Kier molecular flexibility index (Phi) is 5.64. The van der Waals surface area contributed by atoms with Gasteiger partial charge in [-0.25, -0.2) is 4.98 Å². The highest BCUT2D eigenvalue weighted by molar-refractivity contribution is 7.12. The Balaban J connectivity index is 1.52. The van der Waals surface area contributed by atoms with E-state index in [1.54, 1.807) is 19.4 Å². The molecule has 1 aromatic carbocycles. The van der Waals surface area contributed by atoms with Crippen molar-refractivity contribution in [1.82, 2.24) is 4.98 Å². The largest absolute Gasteiger partial charge is 0.496 e. The number of rotatable bonds is 7. The first kappa shape index (κ1) is 17.0. The molecule has 0 saturated carbocycles. The number of amides is 1. The zero-order chi connectivity index (χ0) is 17.5. The lowest BCUT2D eigenvalue weighted by Gasteiger charge is -2.10. The molecule has 0 saturated heterocycles. The van der Waals surface area contributed by atoms with Crippen LogP contribution in [0.4, 0.5) is 11.5 Å². The molecule has 0 fully saturated rings. The first-order valence-electron chi connectivity index (χ1n) is 7.93. The molecule has 0 spiro atoms. The van der Waals surface area contributed by atoms with Crippen molar-refractivity contribution in [3.8, 4) is 5.75 Å². The van der Waals surface area contributed by atoms with Gasteiger partial charge < -0.3 is 15.4 Å². The zero-order valence-electron chi connectivity index (χ0n) is 13.9. The minimum absolute atomic E-state index is 0.117. The number of para-hydroxylation sites is 1. The molecule has 0 aliphatic heterocycles. The Bertz CT molecular complexity index is 817. The summed E-state index contributed by atoms with van der Waals surface area (Å²) in [5.41, 5.74) is 1.83. The van der Waals surface area contributed by atoms with E-state index in [2.05, 4.69) is 21.7 Å². The standard InChI is InChI=1S/C19H19N3O2S/c1-24-16-6-3-2-5-14(16)10-11-20-18-9-8-15(13-21-18)22-19(23)17-7-4-12-25-17/h2-9,12-13H,10-11H2,1H3,(H,20,21)(H,22,23). The Labute approximate surface area is 150 Å². The van der Waals surface area contributed by atoms with E-state index in [0.717, 1.165) is 30.1 Å². The van der Waals surface area contributed by atoms with E-state index in [4.69, 9.17) is 4.74 Å². The number of carbonyl (C=O) groups excluding carboxylic acids is 1. The molecule has 0 aliphatic carbocycles. The van der Waals surface area contributed by atoms with Gasteiger partial charge in [0.05, 0.1) is 23.9 Å². The second-order valence-electron chi connectivity index (χ2n) is 5.35. The summed E-state index contributed by atoms with van der Waals surface area (Å²) in [6, 6.07) is 15.3. The number of thiophene rings is 1. The summed E-state index contributed by atoms with van der Waals surface area (Å²) in [6.07, 6.45) is 2.49. The molecule has 0 atom stereocenters. The fourth-order valence-corrected chi connectivity index (χ4v) is 3.03. The van der Waals surface area contributed by atoms with Crippen molar-refractivity contribution in [2.24, 2.45) is 0 Å². The molecule has 25 heavy (non-hydrogen) atoms. The number of nitrogens with zero attached hydrogens (tertiary/aromatic N) is 1. The van der Waals surface area contributed by atoms with E-state index in [1.807, 2.05) is 41.8 Å². The summed E-state index contributed by atoms with van der Waals surface area (Å²) in [5, 5.41) is 7.99. The van der Waals surface area contributed by atoms with Gasteiger partial charge in [-0.1, -0.05) is 24.3 Å². The topological polar surface area (TPSA) is 63.2 Å². The third-order valence-electron chi connectivity index (χ3n) is 3.66. The molecule has 0 bridgehead atoms.